The quantitative estimate of drug-likeness (QED) is 0.810. The molecule has 3 nitrogen and oxygen atoms in total. The van der Waals surface area contributed by atoms with Crippen LogP contribution in [0.5, 0.6) is 0 Å². The van der Waals surface area contributed by atoms with Gasteiger partial charge in [0, 0.05) is 30.6 Å². The molecule has 96 valence electrons. The normalized spacial score (nSPS) is 15.2. The Labute approximate surface area is 108 Å². The average molecular weight is 253 g/mol. The number of rotatable bonds is 7. The van der Waals surface area contributed by atoms with Crippen LogP contribution >= 0.6 is 11.3 Å². The molecule has 0 saturated heterocycles. The van der Waals surface area contributed by atoms with Gasteiger partial charge in [-0.05, 0) is 33.1 Å². The largest absolute Gasteiger partial charge is 0.349 e. The van der Waals surface area contributed by atoms with Gasteiger partial charge >= 0.3 is 0 Å². The smallest absolute Gasteiger partial charge is 0.185 e. The van der Waals surface area contributed by atoms with E-state index < -0.39 is 0 Å². The van der Waals surface area contributed by atoms with Gasteiger partial charge in [0.2, 0.25) is 0 Å². The van der Waals surface area contributed by atoms with Crippen molar-refractivity contribution in [2.75, 3.05) is 18.0 Å². The molecule has 1 fully saturated rings. The maximum absolute atomic E-state index is 4.77. The number of nitrogens with zero attached hydrogens (tertiary/aromatic N) is 2. The monoisotopic (exact) mass is 253 g/mol. The minimum Gasteiger partial charge on any atom is -0.349 e. The van der Waals surface area contributed by atoms with Crippen LogP contribution in [0.15, 0.2) is 0 Å². The van der Waals surface area contributed by atoms with Crippen LogP contribution in [0.2, 0.25) is 0 Å². The summed E-state index contributed by atoms with van der Waals surface area (Å²) in [7, 11) is 0. The van der Waals surface area contributed by atoms with Gasteiger partial charge in [0.1, 0.15) is 0 Å². The highest BCUT2D eigenvalue weighted by Gasteiger charge is 2.21. The number of anilines is 1. The Bertz CT molecular complexity index is 354. The van der Waals surface area contributed by atoms with Gasteiger partial charge in [-0.3, -0.25) is 0 Å². The molecule has 0 radical (unpaired) electrons. The third-order valence-electron chi connectivity index (χ3n) is 3.26. The van der Waals surface area contributed by atoms with Crippen molar-refractivity contribution >= 4 is 16.5 Å². The first-order valence-electron chi connectivity index (χ1n) is 6.75. The van der Waals surface area contributed by atoms with Crippen molar-refractivity contribution < 1.29 is 0 Å². The zero-order valence-corrected chi connectivity index (χ0v) is 11.9. The molecule has 0 aromatic carbocycles. The second-order valence-electron chi connectivity index (χ2n) is 4.55. The highest BCUT2D eigenvalue weighted by Crippen LogP contribution is 2.28. The van der Waals surface area contributed by atoms with Crippen molar-refractivity contribution in [2.45, 2.75) is 52.6 Å². The van der Waals surface area contributed by atoms with Gasteiger partial charge < -0.3 is 10.2 Å². The zero-order chi connectivity index (χ0) is 12.3. The maximum Gasteiger partial charge on any atom is 0.185 e. The molecule has 0 bridgehead atoms. The molecule has 4 heteroatoms. The zero-order valence-electron chi connectivity index (χ0n) is 11.1. The highest BCUT2D eigenvalue weighted by atomic mass is 32.1. The Morgan fingerprint density at radius 3 is 2.53 bits per heavy atom. The second-order valence-corrected chi connectivity index (χ2v) is 5.61. The van der Waals surface area contributed by atoms with Crippen LogP contribution in [0.1, 0.15) is 44.2 Å². The molecule has 2 rings (SSSR count). The van der Waals surface area contributed by atoms with Gasteiger partial charge in [0.15, 0.2) is 5.13 Å². The van der Waals surface area contributed by atoms with Gasteiger partial charge in [-0.1, -0.05) is 6.92 Å². The van der Waals surface area contributed by atoms with Crippen LogP contribution in [-0.2, 0) is 13.0 Å². The molecule has 0 aliphatic heterocycles. The first-order chi connectivity index (χ1) is 8.28. The summed E-state index contributed by atoms with van der Waals surface area (Å²) in [5.74, 6) is 0. The third-order valence-corrected chi connectivity index (χ3v) is 4.42. The molecule has 0 amide bonds. The lowest BCUT2D eigenvalue weighted by Crippen LogP contribution is -2.21. The van der Waals surface area contributed by atoms with Crippen LogP contribution in [0, 0.1) is 0 Å². The van der Waals surface area contributed by atoms with E-state index in [1.165, 1.54) is 28.5 Å². The molecule has 1 N–H and O–H groups in total. The van der Waals surface area contributed by atoms with E-state index in [4.69, 9.17) is 4.98 Å². The molecular weight excluding hydrogens is 230 g/mol. The Morgan fingerprint density at radius 2 is 2.00 bits per heavy atom. The van der Waals surface area contributed by atoms with Crippen molar-refractivity contribution in [2.24, 2.45) is 0 Å². The van der Waals surface area contributed by atoms with E-state index in [-0.39, 0.29) is 0 Å². The van der Waals surface area contributed by atoms with E-state index in [0.29, 0.717) is 0 Å². The molecule has 1 heterocycles. The lowest BCUT2D eigenvalue weighted by atomic mass is 10.3. The van der Waals surface area contributed by atoms with E-state index >= 15 is 0 Å². The second kappa shape index (κ2) is 5.83. The SMILES string of the molecule is CCc1nc(N(CC)CC)sc1CNC1CC1. The molecule has 1 aliphatic rings. The van der Waals surface area contributed by atoms with Gasteiger partial charge in [-0.25, -0.2) is 4.98 Å². The van der Waals surface area contributed by atoms with Crippen LogP contribution in [0.4, 0.5) is 5.13 Å². The molecule has 1 saturated carbocycles. The van der Waals surface area contributed by atoms with Gasteiger partial charge in [-0.2, -0.15) is 0 Å². The average Bonchev–Trinajstić information content (AvgIpc) is 3.09. The predicted octanol–water partition coefficient (Wildman–Crippen LogP) is 2.80. The first kappa shape index (κ1) is 12.8. The summed E-state index contributed by atoms with van der Waals surface area (Å²) in [4.78, 5) is 8.54. The molecular formula is C13H23N3S. The Balaban J connectivity index is 2.06. The molecule has 1 aromatic heterocycles. The number of aryl methyl sites for hydroxylation is 1. The summed E-state index contributed by atoms with van der Waals surface area (Å²) in [6, 6.07) is 0.777. The Morgan fingerprint density at radius 1 is 1.29 bits per heavy atom. The summed E-state index contributed by atoms with van der Waals surface area (Å²) in [5, 5.41) is 4.78. The predicted molar refractivity (Wildman–Crippen MR) is 74.9 cm³/mol. The Hall–Kier alpha value is -0.610. The molecule has 17 heavy (non-hydrogen) atoms. The van der Waals surface area contributed by atoms with Gasteiger partial charge in [0.05, 0.1) is 5.69 Å². The van der Waals surface area contributed by atoms with Gasteiger partial charge in [0.25, 0.3) is 0 Å². The van der Waals surface area contributed by atoms with E-state index in [0.717, 1.165) is 32.1 Å². The van der Waals surface area contributed by atoms with Crippen LogP contribution in [0.3, 0.4) is 0 Å². The lowest BCUT2D eigenvalue weighted by Gasteiger charge is -2.16. The van der Waals surface area contributed by atoms with Crippen molar-refractivity contribution in [3.8, 4) is 0 Å². The van der Waals surface area contributed by atoms with Crippen LogP contribution < -0.4 is 10.2 Å². The maximum atomic E-state index is 4.77. The van der Waals surface area contributed by atoms with Crippen molar-refractivity contribution in [3.05, 3.63) is 10.6 Å². The molecule has 0 atom stereocenters. The van der Waals surface area contributed by atoms with Gasteiger partial charge in [-0.15, -0.1) is 11.3 Å². The van der Waals surface area contributed by atoms with Crippen molar-refractivity contribution in [1.82, 2.24) is 10.3 Å². The van der Waals surface area contributed by atoms with Crippen molar-refractivity contribution in [3.63, 3.8) is 0 Å². The highest BCUT2D eigenvalue weighted by molar-refractivity contribution is 7.15. The fraction of sp³-hybridized carbons (Fsp3) is 0.769. The van der Waals surface area contributed by atoms with E-state index in [1.54, 1.807) is 0 Å². The minimum absolute atomic E-state index is 0.777. The number of hydrogen-bond acceptors (Lipinski definition) is 4. The topological polar surface area (TPSA) is 28.2 Å². The summed E-state index contributed by atoms with van der Waals surface area (Å²) >= 11 is 1.86. The fourth-order valence-corrected chi connectivity index (χ4v) is 3.16. The molecule has 1 aromatic rings. The molecule has 0 unspecified atom stereocenters. The summed E-state index contributed by atoms with van der Waals surface area (Å²) in [5.41, 5.74) is 1.28. The molecule has 1 aliphatic carbocycles. The minimum atomic E-state index is 0.777. The Kier molecular flexibility index (Phi) is 4.40. The number of nitrogens with one attached hydrogen (secondary N) is 1. The van der Waals surface area contributed by atoms with Crippen LogP contribution in [-0.4, -0.2) is 24.1 Å². The number of thiazole rings is 1. The first-order valence-corrected chi connectivity index (χ1v) is 7.57. The number of aromatic nitrogens is 1. The summed E-state index contributed by atoms with van der Waals surface area (Å²) in [6.07, 6.45) is 3.74. The molecule has 0 spiro atoms. The lowest BCUT2D eigenvalue weighted by molar-refractivity contribution is 0.689. The van der Waals surface area contributed by atoms with Crippen LogP contribution in [0.25, 0.3) is 0 Å². The van der Waals surface area contributed by atoms with E-state index in [2.05, 4.69) is 31.0 Å². The van der Waals surface area contributed by atoms with E-state index in [1.807, 2.05) is 11.3 Å². The summed E-state index contributed by atoms with van der Waals surface area (Å²) < 4.78 is 0. The standard InChI is InChI=1S/C13H23N3S/c1-4-11-12(9-14-10-7-8-10)17-13(15-11)16(5-2)6-3/h10,14H,4-9H2,1-3H3. The fourth-order valence-electron chi connectivity index (χ4n) is 1.94. The third kappa shape index (κ3) is 3.19. The van der Waals surface area contributed by atoms with Crippen molar-refractivity contribution in [1.29, 1.82) is 0 Å². The number of hydrogen-bond donors (Lipinski definition) is 1. The van der Waals surface area contributed by atoms with E-state index in [9.17, 15) is 0 Å². The summed E-state index contributed by atoms with van der Waals surface area (Å²) in [6.45, 7) is 9.68.